The molecule has 0 saturated heterocycles. The quantitative estimate of drug-likeness (QED) is 0.863. The number of esters is 1. The largest absolute Gasteiger partial charge is 0.463 e. The molecule has 2 aromatic carbocycles. The lowest BCUT2D eigenvalue weighted by molar-refractivity contribution is -0.146. The molecule has 1 atom stereocenters. The van der Waals surface area contributed by atoms with E-state index in [0.717, 1.165) is 11.1 Å². The number of rotatable bonds is 5. The van der Waals surface area contributed by atoms with Crippen LogP contribution in [0.25, 0.3) is 0 Å². The summed E-state index contributed by atoms with van der Waals surface area (Å²) in [5.74, 6) is -0.160. The maximum absolute atomic E-state index is 11.8. The summed E-state index contributed by atoms with van der Waals surface area (Å²) in [6, 6.07) is 19.9. The van der Waals surface area contributed by atoms with E-state index in [-0.39, 0.29) is 5.92 Å². The Kier molecular flexibility index (Phi) is 4.68. The maximum atomic E-state index is 11.8. The molecule has 3 rings (SSSR count). The second-order valence-corrected chi connectivity index (χ2v) is 5.10. The summed E-state index contributed by atoms with van der Waals surface area (Å²) in [7, 11) is 0. The van der Waals surface area contributed by atoms with E-state index in [0.29, 0.717) is 12.5 Å². The summed E-state index contributed by atoms with van der Waals surface area (Å²) in [6.07, 6.45) is -0.820. The Morgan fingerprint density at radius 2 is 1.70 bits per heavy atom. The minimum atomic E-state index is -0.820. The summed E-state index contributed by atoms with van der Waals surface area (Å²) in [4.78, 5) is 21.7. The number of nitrogens with one attached hydrogen (secondary N) is 1. The van der Waals surface area contributed by atoms with Gasteiger partial charge in [-0.15, -0.1) is 5.48 Å². The Bertz CT molecular complexity index is 646. The Balaban J connectivity index is 1.94. The number of aliphatic imine (C=N–C) groups is 1. The normalized spacial score (nSPS) is 16.8. The van der Waals surface area contributed by atoms with Gasteiger partial charge in [0.05, 0.1) is 12.5 Å². The van der Waals surface area contributed by atoms with Gasteiger partial charge >= 0.3 is 5.97 Å². The lowest BCUT2D eigenvalue weighted by atomic mass is 9.91. The minimum Gasteiger partial charge on any atom is -0.463 e. The lowest BCUT2D eigenvalue weighted by Gasteiger charge is -2.16. The molecule has 0 fully saturated rings. The second-order valence-electron chi connectivity index (χ2n) is 5.10. The van der Waals surface area contributed by atoms with Gasteiger partial charge in [0.25, 0.3) is 0 Å². The van der Waals surface area contributed by atoms with E-state index in [1.807, 2.05) is 60.7 Å². The fourth-order valence-electron chi connectivity index (χ4n) is 2.52. The Hall–Kier alpha value is -2.66. The Labute approximate surface area is 134 Å². The van der Waals surface area contributed by atoms with E-state index in [1.165, 1.54) is 0 Å². The molecule has 118 valence electrons. The van der Waals surface area contributed by atoms with Crippen molar-refractivity contribution in [2.24, 2.45) is 4.99 Å². The summed E-state index contributed by atoms with van der Waals surface area (Å²) in [5, 5.41) is 0. The van der Waals surface area contributed by atoms with E-state index in [9.17, 15) is 4.79 Å². The molecule has 0 aliphatic carbocycles. The van der Waals surface area contributed by atoms with E-state index in [2.05, 4.69) is 10.5 Å². The first-order valence-corrected chi connectivity index (χ1v) is 7.56. The third-order valence-electron chi connectivity index (χ3n) is 3.55. The zero-order chi connectivity index (χ0) is 16.1. The zero-order valence-electron chi connectivity index (χ0n) is 12.8. The number of nitrogens with zero attached hydrogens (tertiary/aromatic N) is 1. The highest BCUT2D eigenvalue weighted by atomic mass is 16.7. The molecule has 1 N–H and O–H groups in total. The number of hydrogen-bond donors (Lipinski definition) is 1. The van der Waals surface area contributed by atoms with Gasteiger partial charge in [0.2, 0.25) is 12.1 Å². The van der Waals surface area contributed by atoms with Crippen LogP contribution in [0.2, 0.25) is 0 Å². The van der Waals surface area contributed by atoms with E-state index in [4.69, 9.17) is 9.57 Å². The molecule has 1 aliphatic rings. The summed E-state index contributed by atoms with van der Waals surface area (Å²) < 4.78 is 4.98. The highest BCUT2D eigenvalue weighted by Crippen LogP contribution is 2.28. The summed E-state index contributed by atoms with van der Waals surface area (Å²) in [6.45, 7) is 2.07. The first-order chi connectivity index (χ1) is 11.3. The first kappa shape index (κ1) is 15.2. The van der Waals surface area contributed by atoms with Crippen molar-refractivity contribution in [3.05, 3.63) is 71.8 Å². The smallest absolute Gasteiger partial charge is 0.349 e. The number of ether oxygens (including phenoxy) is 1. The second kappa shape index (κ2) is 7.07. The molecule has 0 bridgehead atoms. The Morgan fingerprint density at radius 1 is 1.13 bits per heavy atom. The number of hydroxylamine groups is 1. The van der Waals surface area contributed by atoms with Gasteiger partial charge < -0.3 is 9.57 Å². The number of benzene rings is 2. The van der Waals surface area contributed by atoms with Crippen molar-refractivity contribution in [3.63, 3.8) is 0 Å². The van der Waals surface area contributed by atoms with Crippen LogP contribution >= 0.6 is 0 Å². The van der Waals surface area contributed by atoms with Crippen LogP contribution in [0.3, 0.4) is 0 Å². The zero-order valence-corrected chi connectivity index (χ0v) is 12.8. The van der Waals surface area contributed by atoms with Gasteiger partial charge in [-0.1, -0.05) is 60.7 Å². The van der Waals surface area contributed by atoms with Gasteiger partial charge in [-0.3, -0.25) is 0 Å². The van der Waals surface area contributed by atoms with Crippen molar-refractivity contribution in [3.8, 4) is 0 Å². The molecule has 23 heavy (non-hydrogen) atoms. The Morgan fingerprint density at radius 3 is 2.22 bits per heavy atom. The molecule has 0 radical (unpaired) electrons. The molecular formula is C18H18N2O3. The number of hydrogen-bond acceptors (Lipinski definition) is 5. The molecule has 0 aromatic heterocycles. The van der Waals surface area contributed by atoms with Crippen LogP contribution in [0.1, 0.15) is 24.0 Å². The number of carbonyl (C=O) groups is 1. The van der Waals surface area contributed by atoms with Crippen molar-refractivity contribution in [2.45, 2.75) is 19.0 Å². The van der Waals surface area contributed by atoms with Gasteiger partial charge in [-0.25, -0.2) is 9.79 Å². The molecule has 5 nitrogen and oxygen atoms in total. The van der Waals surface area contributed by atoms with Gasteiger partial charge in [0, 0.05) is 0 Å². The fourth-order valence-corrected chi connectivity index (χ4v) is 2.52. The SMILES string of the molecule is CCOC(=O)C1N=C(C(c2ccccc2)c2ccccc2)ON1. The molecular weight excluding hydrogens is 292 g/mol. The standard InChI is InChI=1S/C18H18N2O3/c1-2-22-18(21)16-19-17(23-20-16)15(13-9-5-3-6-10-13)14-11-7-4-8-12-14/h3-12,15-16,20H,2H2,1H3. The van der Waals surface area contributed by atoms with Gasteiger partial charge in [-0.2, -0.15) is 0 Å². The van der Waals surface area contributed by atoms with E-state index in [1.54, 1.807) is 6.92 Å². The van der Waals surface area contributed by atoms with Crippen molar-refractivity contribution in [2.75, 3.05) is 6.61 Å². The van der Waals surface area contributed by atoms with Crippen molar-refractivity contribution in [1.29, 1.82) is 0 Å². The monoisotopic (exact) mass is 310 g/mol. The van der Waals surface area contributed by atoms with Crippen LogP contribution in [0, 0.1) is 0 Å². The predicted octanol–water partition coefficient (Wildman–Crippen LogP) is 2.64. The van der Waals surface area contributed by atoms with Crippen LogP contribution in [0.4, 0.5) is 0 Å². The molecule has 1 aliphatic heterocycles. The molecule has 0 amide bonds. The van der Waals surface area contributed by atoms with Crippen LogP contribution in [0.5, 0.6) is 0 Å². The molecule has 1 unspecified atom stereocenters. The summed E-state index contributed by atoms with van der Waals surface area (Å²) in [5.41, 5.74) is 4.72. The summed E-state index contributed by atoms with van der Waals surface area (Å²) >= 11 is 0. The first-order valence-electron chi connectivity index (χ1n) is 7.56. The number of carbonyl (C=O) groups excluding carboxylic acids is 1. The van der Waals surface area contributed by atoms with E-state index < -0.39 is 12.1 Å². The van der Waals surface area contributed by atoms with Crippen LogP contribution in [-0.2, 0) is 14.4 Å². The van der Waals surface area contributed by atoms with E-state index >= 15 is 0 Å². The average molecular weight is 310 g/mol. The third kappa shape index (κ3) is 3.40. The molecule has 0 spiro atoms. The minimum absolute atomic E-state index is 0.177. The van der Waals surface area contributed by atoms with Gasteiger partial charge in [-0.05, 0) is 18.1 Å². The van der Waals surface area contributed by atoms with Crippen LogP contribution in [-0.4, -0.2) is 24.6 Å². The molecule has 2 aromatic rings. The van der Waals surface area contributed by atoms with Crippen molar-refractivity contribution in [1.82, 2.24) is 5.48 Å². The molecule has 5 heteroatoms. The van der Waals surface area contributed by atoms with Gasteiger partial charge in [0.15, 0.2) is 0 Å². The lowest BCUT2D eigenvalue weighted by Crippen LogP contribution is -2.32. The topological polar surface area (TPSA) is 59.9 Å². The molecule has 0 saturated carbocycles. The third-order valence-corrected chi connectivity index (χ3v) is 3.55. The van der Waals surface area contributed by atoms with Crippen molar-refractivity contribution < 1.29 is 14.4 Å². The highest BCUT2D eigenvalue weighted by molar-refractivity contribution is 5.91. The highest BCUT2D eigenvalue weighted by Gasteiger charge is 2.32. The average Bonchev–Trinajstić information content (AvgIpc) is 3.07. The predicted molar refractivity (Wildman–Crippen MR) is 86.8 cm³/mol. The van der Waals surface area contributed by atoms with Gasteiger partial charge in [0.1, 0.15) is 0 Å². The molecule has 1 heterocycles. The van der Waals surface area contributed by atoms with Crippen LogP contribution in [0.15, 0.2) is 65.7 Å². The van der Waals surface area contributed by atoms with Crippen LogP contribution < -0.4 is 5.48 Å². The maximum Gasteiger partial charge on any atom is 0.349 e. The fraction of sp³-hybridized carbons (Fsp3) is 0.222. The van der Waals surface area contributed by atoms with Crippen molar-refractivity contribution >= 4 is 11.9 Å².